The number of fused-ring (bicyclic) bond motifs is 2. The Bertz CT molecular complexity index is 1120. The number of allylic oxidation sites excluding steroid dienone is 1. The molecule has 1 amide bonds. The van der Waals surface area contributed by atoms with Crippen molar-refractivity contribution >= 4 is 34.4 Å². The van der Waals surface area contributed by atoms with Crippen LogP contribution >= 0.6 is 0 Å². The van der Waals surface area contributed by atoms with E-state index < -0.39 is 18.0 Å². The van der Waals surface area contributed by atoms with Gasteiger partial charge in [-0.2, -0.15) is 0 Å². The SMILES string of the molecule is CC(OC(=O)c1c2c(nc3ccccc13)/C(=C/c1ccccc1)CCC2)C(N)=O. The molecule has 0 saturated heterocycles. The van der Waals surface area contributed by atoms with Crippen LogP contribution in [0.25, 0.3) is 22.6 Å². The summed E-state index contributed by atoms with van der Waals surface area (Å²) in [6.45, 7) is 1.48. The summed E-state index contributed by atoms with van der Waals surface area (Å²) in [4.78, 5) is 29.3. The maximum atomic E-state index is 13.0. The molecule has 1 heterocycles. The van der Waals surface area contributed by atoms with Crippen molar-refractivity contribution in [3.8, 4) is 0 Å². The molecule has 3 aromatic rings. The third-order valence-corrected chi connectivity index (χ3v) is 5.20. The highest BCUT2D eigenvalue weighted by Gasteiger charge is 2.27. The minimum atomic E-state index is -0.993. The maximum absolute atomic E-state index is 13.0. The molecule has 0 saturated carbocycles. The van der Waals surface area contributed by atoms with E-state index in [1.54, 1.807) is 0 Å². The summed E-state index contributed by atoms with van der Waals surface area (Å²) in [7, 11) is 0. The molecule has 29 heavy (non-hydrogen) atoms. The molecule has 4 rings (SSSR count). The quantitative estimate of drug-likeness (QED) is 0.683. The summed E-state index contributed by atoms with van der Waals surface area (Å²) in [5.41, 5.74) is 10.4. The van der Waals surface area contributed by atoms with Crippen molar-refractivity contribution in [2.45, 2.75) is 32.3 Å². The Morgan fingerprint density at radius 2 is 1.79 bits per heavy atom. The van der Waals surface area contributed by atoms with Gasteiger partial charge in [0.25, 0.3) is 5.91 Å². The van der Waals surface area contributed by atoms with Gasteiger partial charge in [-0.1, -0.05) is 48.5 Å². The lowest BCUT2D eigenvalue weighted by Crippen LogP contribution is -2.31. The number of primary amides is 1. The first-order valence-corrected chi connectivity index (χ1v) is 9.72. The number of carbonyl (C=O) groups excluding carboxylic acids is 2. The first kappa shape index (κ1) is 18.9. The van der Waals surface area contributed by atoms with Crippen molar-refractivity contribution in [3.63, 3.8) is 0 Å². The number of esters is 1. The van der Waals surface area contributed by atoms with Crippen molar-refractivity contribution in [3.05, 3.63) is 77.0 Å². The average Bonchev–Trinajstić information content (AvgIpc) is 2.73. The molecule has 5 heteroatoms. The molecule has 0 fully saturated rings. The third-order valence-electron chi connectivity index (χ3n) is 5.20. The summed E-state index contributed by atoms with van der Waals surface area (Å²) >= 11 is 0. The van der Waals surface area contributed by atoms with Gasteiger partial charge in [0, 0.05) is 5.39 Å². The maximum Gasteiger partial charge on any atom is 0.339 e. The van der Waals surface area contributed by atoms with Gasteiger partial charge in [-0.15, -0.1) is 0 Å². The van der Waals surface area contributed by atoms with Gasteiger partial charge in [0.05, 0.1) is 16.8 Å². The van der Waals surface area contributed by atoms with Crippen LogP contribution in [0, 0.1) is 0 Å². The Morgan fingerprint density at radius 3 is 2.55 bits per heavy atom. The normalized spacial score (nSPS) is 15.7. The van der Waals surface area contributed by atoms with E-state index in [0.29, 0.717) is 5.56 Å². The fourth-order valence-corrected chi connectivity index (χ4v) is 3.74. The van der Waals surface area contributed by atoms with Gasteiger partial charge in [0.1, 0.15) is 0 Å². The van der Waals surface area contributed by atoms with Crippen LogP contribution in [-0.2, 0) is 16.0 Å². The van der Waals surface area contributed by atoms with E-state index in [4.69, 9.17) is 15.5 Å². The van der Waals surface area contributed by atoms with Crippen LogP contribution in [0.5, 0.6) is 0 Å². The number of hydrogen-bond donors (Lipinski definition) is 1. The minimum Gasteiger partial charge on any atom is -0.449 e. The summed E-state index contributed by atoms with van der Waals surface area (Å²) in [6, 6.07) is 17.6. The monoisotopic (exact) mass is 386 g/mol. The first-order chi connectivity index (χ1) is 14.0. The lowest BCUT2D eigenvalue weighted by molar-refractivity contribution is -0.125. The number of hydrogen-bond acceptors (Lipinski definition) is 4. The van der Waals surface area contributed by atoms with Gasteiger partial charge in [0.2, 0.25) is 0 Å². The van der Waals surface area contributed by atoms with Crippen LogP contribution < -0.4 is 5.73 Å². The van der Waals surface area contributed by atoms with Crippen molar-refractivity contribution in [2.24, 2.45) is 5.73 Å². The van der Waals surface area contributed by atoms with Crippen LogP contribution in [0.2, 0.25) is 0 Å². The molecule has 0 bridgehead atoms. The number of aromatic nitrogens is 1. The number of nitrogens with two attached hydrogens (primary N) is 1. The highest BCUT2D eigenvalue weighted by molar-refractivity contribution is 6.07. The molecule has 0 aliphatic heterocycles. The zero-order chi connectivity index (χ0) is 20.4. The largest absolute Gasteiger partial charge is 0.449 e. The zero-order valence-electron chi connectivity index (χ0n) is 16.2. The van der Waals surface area contributed by atoms with Crippen molar-refractivity contribution in [2.75, 3.05) is 0 Å². The molecule has 2 N–H and O–H groups in total. The smallest absolute Gasteiger partial charge is 0.339 e. The van der Waals surface area contributed by atoms with Crippen LogP contribution in [0.1, 0.15) is 46.9 Å². The topological polar surface area (TPSA) is 82.3 Å². The number of ether oxygens (including phenoxy) is 1. The van der Waals surface area contributed by atoms with E-state index in [0.717, 1.165) is 52.6 Å². The van der Waals surface area contributed by atoms with Gasteiger partial charge in [-0.3, -0.25) is 4.79 Å². The molecule has 1 aliphatic rings. The number of amides is 1. The molecular weight excluding hydrogens is 364 g/mol. The highest BCUT2D eigenvalue weighted by atomic mass is 16.5. The summed E-state index contributed by atoms with van der Waals surface area (Å²) in [5.74, 6) is -1.21. The van der Waals surface area contributed by atoms with Gasteiger partial charge in [0.15, 0.2) is 6.10 Å². The molecule has 1 aromatic heterocycles. The van der Waals surface area contributed by atoms with Crippen molar-refractivity contribution < 1.29 is 14.3 Å². The van der Waals surface area contributed by atoms with E-state index in [9.17, 15) is 9.59 Å². The number of carbonyl (C=O) groups is 2. The standard InChI is InChI=1S/C24H22N2O3/c1-15(23(25)27)29-24(28)21-18-11-5-6-13-20(18)26-22-17(10-7-12-19(21)22)14-16-8-3-2-4-9-16/h2-6,8-9,11,13-15H,7,10,12H2,1H3,(H2,25,27)/b17-14+. The Labute approximate surface area is 169 Å². The second-order valence-corrected chi connectivity index (χ2v) is 7.21. The van der Waals surface area contributed by atoms with Gasteiger partial charge < -0.3 is 10.5 Å². The van der Waals surface area contributed by atoms with Crippen molar-refractivity contribution in [1.29, 1.82) is 0 Å². The summed E-state index contributed by atoms with van der Waals surface area (Å²) in [6.07, 6.45) is 3.67. The second-order valence-electron chi connectivity index (χ2n) is 7.21. The van der Waals surface area contributed by atoms with E-state index in [1.165, 1.54) is 6.92 Å². The van der Waals surface area contributed by atoms with Gasteiger partial charge in [-0.25, -0.2) is 9.78 Å². The Balaban J connectivity index is 1.89. The molecule has 5 nitrogen and oxygen atoms in total. The molecule has 1 unspecified atom stereocenters. The molecule has 0 radical (unpaired) electrons. The lowest BCUT2D eigenvalue weighted by atomic mass is 9.86. The van der Waals surface area contributed by atoms with Gasteiger partial charge >= 0.3 is 5.97 Å². The predicted octanol–water partition coefficient (Wildman–Crippen LogP) is 4.14. The van der Waals surface area contributed by atoms with Crippen LogP contribution in [-0.4, -0.2) is 23.0 Å². The van der Waals surface area contributed by atoms with Crippen molar-refractivity contribution in [1.82, 2.24) is 4.98 Å². The molecule has 0 spiro atoms. The molecule has 1 aliphatic carbocycles. The second kappa shape index (κ2) is 7.87. The number of benzene rings is 2. The molecule has 1 atom stereocenters. The zero-order valence-corrected chi connectivity index (χ0v) is 16.2. The van der Waals surface area contributed by atoms with Crippen LogP contribution in [0.4, 0.5) is 0 Å². The van der Waals surface area contributed by atoms with E-state index >= 15 is 0 Å². The Kier molecular flexibility index (Phi) is 5.12. The number of para-hydroxylation sites is 1. The van der Waals surface area contributed by atoms with E-state index in [1.807, 2.05) is 54.6 Å². The predicted molar refractivity (Wildman–Crippen MR) is 113 cm³/mol. The lowest BCUT2D eigenvalue weighted by Gasteiger charge is -2.23. The Morgan fingerprint density at radius 1 is 1.07 bits per heavy atom. The third kappa shape index (κ3) is 3.76. The van der Waals surface area contributed by atoms with Crippen LogP contribution in [0.15, 0.2) is 54.6 Å². The fraction of sp³-hybridized carbons (Fsp3) is 0.208. The van der Waals surface area contributed by atoms with E-state index in [-0.39, 0.29) is 0 Å². The van der Waals surface area contributed by atoms with Gasteiger partial charge in [-0.05, 0) is 55.0 Å². The highest BCUT2D eigenvalue weighted by Crippen LogP contribution is 2.36. The average molecular weight is 386 g/mol. The number of pyridine rings is 1. The summed E-state index contributed by atoms with van der Waals surface area (Å²) in [5, 5.41) is 0.730. The van der Waals surface area contributed by atoms with Crippen LogP contribution in [0.3, 0.4) is 0 Å². The van der Waals surface area contributed by atoms with E-state index in [2.05, 4.69) is 6.08 Å². The number of rotatable bonds is 4. The first-order valence-electron chi connectivity index (χ1n) is 9.72. The fourth-order valence-electron chi connectivity index (χ4n) is 3.74. The molecule has 146 valence electrons. The Hall–Kier alpha value is -3.47. The summed E-state index contributed by atoms with van der Waals surface area (Å²) < 4.78 is 5.36. The molecule has 2 aromatic carbocycles. The number of nitrogens with zero attached hydrogens (tertiary/aromatic N) is 1. The molecular formula is C24H22N2O3. The minimum absolute atomic E-state index is 0.484.